The molecule has 0 saturated heterocycles. The SMILES string of the molecule is COc1ccccc1NC(=O)CCCN(c1cc(C)ccc1C)S(C)(=O)=O. The normalized spacial score (nSPS) is 11.1. The fourth-order valence-corrected chi connectivity index (χ4v) is 3.81. The molecule has 0 aliphatic carbocycles. The molecule has 2 aromatic carbocycles. The van der Waals surface area contributed by atoms with Gasteiger partial charge in [0.1, 0.15) is 5.75 Å². The predicted octanol–water partition coefficient (Wildman–Crippen LogP) is 3.50. The first-order chi connectivity index (χ1) is 12.7. The third-order valence-electron chi connectivity index (χ3n) is 4.18. The Hall–Kier alpha value is -2.54. The van der Waals surface area contributed by atoms with Gasteiger partial charge in [0, 0.05) is 13.0 Å². The van der Waals surface area contributed by atoms with Crippen LogP contribution in [0.4, 0.5) is 11.4 Å². The monoisotopic (exact) mass is 390 g/mol. The van der Waals surface area contributed by atoms with Crippen LogP contribution < -0.4 is 14.4 Å². The highest BCUT2D eigenvalue weighted by molar-refractivity contribution is 7.92. The number of aryl methyl sites for hydroxylation is 2. The number of hydrogen-bond donors (Lipinski definition) is 1. The van der Waals surface area contributed by atoms with Crippen LogP contribution in [0.3, 0.4) is 0 Å². The van der Waals surface area contributed by atoms with Crippen molar-refractivity contribution in [3.8, 4) is 5.75 Å². The molecule has 7 heteroatoms. The molecule has 0 unspecified atom stereocenters. The van der Waals surface area contributed by atoms with E-state index in [1.807, 2.05) is 44.2 Å². The lowest BCUT2D eigenvalue weighted by Gasteiger charge is -2.24. The Morgan fingerprint density at radius 2 is 1.85 bits per heavy atom. The van der Waals surface area contributed by atoms with Gasteiger partial charge in [0.2, 0.25) is 15.9 Å². The Morgan fingerprint density at radius 1 is 1.15 bits per heavy atom. The number of anilines is 2. The number of rotatable bonds is 8. The lowest BCUT2D eigenvalue weighted by molar-refractivity contribution is -0.116. The van der Waals surface area contributed by atoms with Crippen molar-refractivity contribution in [2.75, 3.05) is 29.5 Å². The number of hydrogen-bond acceptors (Lipinski definition) is 4. The maximum absolute atomic E-state index is 12.3. The predicted molar refractivity (Wildman–Crippen MR) is 109 cm³/mol. The van der Waals surface area contributed by atoms with Gasteiger partial charge in [-0.2, -0.15) is 0 Å². The lowest BCUT2D eigenvalue weighted by Crippen LogP contribution is -2.32. The summed E-state index contributed by atoms with van der Waals surface area (Å²) in [5.74, 6) is 0.396. The fourth-order valence-electron chi connectivity index (χ4n) is 2.80. The third-order valence-corrected chi connectivity index (χ3v) is 5.36. The minimum Gasteiger partial charge on any atom is -0.495 e. The van der Waals surface area contributed by atoms with Crippen molar-refractivity contribution in [3.05, 3.63) is 53.6 Å². The number of carbonyl (C=O) groups is 1. The summed E-state index contributed by atoms with van der Waals surface area (Å²) >= 11 is 0. The minimum absolute atomic E-state index is 0.186. The smallest absolute Gasteiger partial charge is 0.232 e. The van der Waals surface area contributed by atoms with Gasteiger partial charge in [0.15, 0.2) is 0 Å². The topological polar surface area (TPSA) is 75.7 Å². The van der Waals surface area contributed by atoms with Crippen LogP contribution in [0.1, 0.15) is 24.0 Å². The zero-order valence-electron chi connectivity index (χ0n) is 16.2. The van der Waals surface area contributed by atoms with Crippen LogP contribution in [0.15, 0.2) is 42.5 Å². The van der Waals surface area contributed by atoms with E-state index in [0.717, 1.165) is 11.1 Å². The van der Waals surface area contributed by atoms with E-state index in [4.69, 9.17) is 4.74 Å². The molecule has 0 spiro atoms. The molecule has 0 bridgehead atoms. The number of nitrogens with one attached hydrogen (secondary N) is 1. The summed E-state index contributed by atoms with van der Waals surface area (Å²) in [5, 5.41) is 2.80. The summed E-state index contributed by atoms with van der Waals surface area (Å²) in [5.41, 5.74) is 3.12. The van der Waals surface area contributed by atoms with Crippen molar-refractivity contribution in [2.24, 2.45) is 0 Å². The number of amides is 1. The molecule has 0 aliphatic rings. The zero-order valence-corrected chi connectivity index (χ0v) is 17.0. The Labute approximate surface area is 161 Å². The fraction of sp³-hybridized carbons (Fsp3) is 0.350. The van der Waals surface area contributed by atoms with Gasteiger partial charge in [0.25, 0.3) is 0 Å². The first-order valence-electron chi connectivity index (χ1n) is 8.70. The van der Waals surface area contributed by atoms with Crippen LogP contribution in [0.25, 0.3) is 0 Å². The average molecular weight is 391 g/mol. The Bertz CT molecular complexity index is 910. The van der Waals surface area contributed by atoms with Crippen molar-refractivity contribution in [1.29, 1.82) is 0 Å². The zero-order chi connectivity index (χ0) is 20.0. The maximum Gasteiger partial charge on any atom is 0.232 e. The number of carbonyl (C=O) groups excluding carboxylic acids is 1. The molecule has 0 aromatic heterocycles. The lowest BCUT2D eigenvalue weighted by atomic mass is 10.1. The van der Waals surface area contributed by atoms with Gasteiger partial charge in [0.05, 0.1) is 24.7 Å². The molecule has 27 heavy (non-hydrogen) atoms. The van der Waals surface area contributed by atoms with E-state index >= 15 is 0 Å². The van der Waals surface area contributed by atoms with Crippen LogP contribution in [0.5, 0.6) is 5.75 Å². The van der Waals surface area contributed by atoms with Crippen molar-refractivity contribution in [2.45, 2.75) is 26.7 Å². The first-order valence-corrected chi connectivity index (χ1v) is 10.5. The summed E-state index contributed by atoms with van der Waals surface area (Å²) in [7, 11) is -1.90. The molecule has 0 saturated carbocycles. The Balaban J connectivity index is 2.04. The number of methoxy groups -OCH3 is 1. The van der Waals surface area contributed by atoms with E-state index in [2.05, 4.69) is 5.32 Å². The molecular formula is C20H26N2O4S. The molecule has 146 valence electrons. The summed E-state index contributed by atoms with van der Waals surface area (Å²) < 4.78 is 31.1. The summed E-state index contributed by atoms with van der Waals surface area (Å²) in [6.07, 6.45) is 1.79. The Morgan fingerprint density at radius 3 is 2.52 bits per heavy atom. The minimum atomic E-state index is -3.44. The highest BCUT2D eigenvalue weighted by atomic mass is 32.2. The van der Waals surface area contributed by atoms with Crippen molar-refractivity contribution >= 4 is 27.3 Å². The highest BCUT2D eigenvalue weighted by Gasteiger charge is 2.19. The number of para-hydroxylation sites is 2. The summed E-state index contributed by atoms with van der Waals surface area (Å²) in [6, 6.07) is 12.9. The first kappa shape index (κ1) is 20.8. The van der Waals surface area contributed by atoms with Gasteiger partial charge < -0.3 is 10.1 Å². The highest BCUT2D eigenvalue weighted by Crippen LogP contribution is 2.25. The summed E-state index contributed by atoms with van der Waals surface area (Å²) in [6.45, 7) is 4.04. The van der Waals surface area contributed by atoms with Gasteiger partial charge in [-0.1, -0.05) is 24.3 Å². The van der Waals surface area contributed by atoms with Crippen molar-refractivity contribution < 1.29 is 17.9 Å². The standard InChI is InChI=1S/C20H26N2O4S/c1-15-11-12-16(2)18(14-15)22(27(4,24)25)13-7-10-20(23)21-17-8-5-6-9-19(17)26-3/h5-6,8-9,11-12,14H,7,10,13H2,1-4H3,(H,21,23). The van der Waals surface area contributed by atoms with E-state index in [0.29, 0.717) is 23.5 Å². The molecule has 1 N–H and O–H groups in total. The van der Waals surface area contributed by atoms with Gasteiger partial charge >= 0.3 is 0 Å². The quantitative estimate of drug-likeness (QED) is 0.749. The molecule has 0 radical (unpaired) electrons. The van der Waals surface area contributed by atoms with Crippen LogP contribution in [0.2, 0.25) is 0 Å². The second-order valence-electron chi connectivity index (χ2n) is 6.48. The van der Waals surface area contributed by atoms with E-state index in [-0.39, 0.29) is 18.9 Å². The third kappa shape index (κ3) is 5.72. The molecule has 0 aliphatic heterocycles. The van der Waals surface area contributed by atoms with Gasteiger partial charge in [-0.05, 0) is 49.6 Å². The average Bonchev–Trinajstić information content (AvgIpc) is 2.60. The maximum atomic E-state index is 12.3. The van der Waals surface area contributed by atoms with E-state index in [9.17, 15) is 13.2 Å². The number of ether oxygens (including phenoxy) is 1. The van der Waals surface area contributed by atoms with Crippen LogP contribution >= 0.6 is 0 Å². The molecule has 1 amide bonds. The van der Waals surface area contributed by atoms with Crippen LogP contribution in [0, 0.1) is 13.8 Å². The molecule has 0 fully saturated rings. The van der Waals surface area contributed by atoms with E-state index in [1.165, 1.54) is 10.6 Å². The van der Waals surface area contributed by atoms with Crippen molar-refractivity contribution in [1.82, 2.24) is 0 Å². The number of nitrogens with zero attached hydrogens (tertiary/aromatic N) is 1. The summed E-state index contributed by atoms with van der Waals surface area (Å²) in [4.78, 5) is 12.2. The molecule has 2 rings (SSSR count). The second kappa shape index (κ2) is 8.90. The van der Waals surface area contributed by atoms with E-state index in [1.54, 1.807) is 19.2 Å². The van der Waals surface area contributed by atoms with Gasteiger partial charge in [-0.25, -0.2) is 8.42 Å². The largest absolute Gasteiger partial charge is 0.495 e. The van der Waals surface area contributed by atoms with Crippen molar-refractivity contribution in [3.63, 3.8) is 0 Å². The van der Waals surface area contributed by atoms with Gasteiger partial charge in [-0.3, -0.25) is 9.10 Å². The Kier molecular flexibility index (Phi) is 6.85. The van der Waals surface area contributed by atoms with Crippen LogP contribution in [-0.2, 0) is 14.8 Å². The second-order valence-corrected chi connectivity index (χ2v) is 8.38. The molecule has 0 atom stereocenters. The molecule has 6 nitrogen and oxygen atoms in total. The van der Waals surface area contributed by atoms with Crippen LogP contribution in [-0.4, -0.2) is 34.2 Å². The number of benzene rings is 2. The van der Waals surface area contributed by atoms with Gasteiger partial charge in [-0.15, -0.1) is 0 Å². The molecular weight excluding hydrogens is 364 g/mol. The molecule has 2 aromatic rings. The molecule has 0 heterocycles. The van der Waals surface area contributed by atoms with E-state index < -0.39 is 10.0 Å². The number of sulfonamides is 1.